The van der Waals surface area contributed by atoms with E-state index in [1.807, 2.05) is 0 Å². The maximum absolute atomic E-state index is 11.5. The molecule has 2 rings (SSSR count). The lowest BCUT2D eigenvalue weighted by Gasteiger charge is -2.00. The zero-order valence-corrected chi connectivity index (χ0v) is 7.97. The lowest BCUT2D eigenvalue weighted by atomic mass is 10.4. The number of H-pyrrole nitrogens is 2. The molecule has 0 aromatic carbocycles. The van der Waals surface area contributed by atoms with E-state index in [0.717, 1.165) is 6.20 Å². The van der Waals surface area contributed by atoms with Gasteiger partial charge in [-0.2, -0.15) is 5.21 Å². The summed E-state index contributed by atoms with van der Waals surface area (Å²) >= 11 is 0. The fourth-order valence-corrected chi connectivity index (χ4v) is 0.974. The molecule has 2 aromatic rings. The van der Waals surface area contributed by atoms with Gasteiger partial charge in [0.2, 0.25) is 0 Å². The van der Waals surface area contributed by atoms with Crippen LogP contribution in [-0.2, 0) is 6.54 Å². The quantitative estimate of drug-likeness (QED) is 0.561. The van der Waals surface area contributed by atoms with Gasteiger partial charge in [0.15, 0.2) is 5.82 Å². The van der Waals surface area contributed by atoms with E-state index >= 15 is 0 Å². The molecule has 0 radical (unpaired) electrons. The largest absolute Gasteiger partial charge is 0.343 e. The van der Waals surface area contributed by atoms with E-state index in [4.69, 9.17) is 0 Å². The molecule has 9 heteroatoms. The number of carbonyl (C=O) groups excluding carboxylic acids is 1. The average molecular weight is 221 g/mol. The van der Waals surface area contributed by atoms with Crippen molar-refractivity contribution in [3.8, 4) is 0 Å². The molecule has 2 aromatic heterocycles. The number of amides is 1. The smallest absolute Gasteiger partial charge is 0.271 e. The van der Waals surface area contributed by atoms with Crippen LogP contribution in [0.1, 0.15) is 16.3 Å². The van der Waals surface area contributed by atoms with E-state index in [0.29, 0.717) is 5.82 Å². The van der Waals surface area contributed by atoms with Gasteiger partial charge in [0, 0.05) is 6.20 Å². The van der Waals surface area contributed by atoms with Crippen LogP contribution in [0.2, 0.25) is 0 Å². The monoisotopic (exact) mass is 221 g/mol. The van der Waals surface area contributed by atoms with Crippen LogP contribution in [0.4, 0.5) is 0 Å². The topological polar surface area (TPSA) is 129 Å². The maximum atomic E-state index is 11.5. The number of hydrogen-bond acceptors (Lipinski definition) is 6. The minimum Gasteiger partial charge on any atom is -0.343 e. The van der Waals surface area contributed by atoms with Crippen LogP contribution in [0.5, 0.6) is 0 Å². The van der Waals surface area contributed by atoms with E-state index in [1.54, 1.807) is 0 Å². The highest BCUT2D eigenvalue weighted by Crippen LogP contribution is 1.89. The summed E-state index contributed by atoms with van der Waals surface area (Å²) in [6, 6.07) is 0. The predicted octanol–water partition coefficient (Wildman–Crippen LogP) is -1.79. The molecule has 0 fully saturated rings. The van der Waals surface area contributed by atoms with Gasteiger partial charge in [0.05, 0.1) is 12.7 Å². The molecule has 0 saturated carbocycles. The van der Waals surface area contributed by atoms with Crippen LogP contribution < -0.4 is 10.9 Å². The number of hydrogen-bond donors (Lipinski definition) is 3. The molecular weight excluding hydrogens is 214 g/mol. The number of rotatable bonds is 3. The molecule has 0 saturated heterocycles. The average Bonchev–Trinajstić information content (AvgIpc) is 2.80. The molecule has 82 valence electrons. The van der Waals surface area contributed by atoms with Gasteiger partial charge in [0.25, 0.3) is 11.5 Å². The third kappa shape index (κ3) is 2.26. The second-order valence-corrected chi connectivity index (χ2v) is 2.81. The molecule has 2 heterocycles. The van der Waals surface area contributed by atoms with Crippen LogP contribution in [0, 0.1) is 0 Å². The Morgan fingerprint density at radius 1 is 1.50 bits per heavy atom. The molecule has 9 nitrogen and oxygen atoms in total. The van der Waals surface area contributed by atoms with Crippen molar-refractivity contribution < 1.29 is 4.79 Å². The van der Waals surface area contributed by atoms with Crippen molar-refractivity contribution in [3.05, 3.63) is 34.3 Å². The molecule has 16 heavy (non-hydrogen) atoms. The van der Waals surface area contributed by atoms with Crippen LogP contribution in [0.25, 0.3) is 0 Å². The second kappa shape index (κ2) is 4.29. The van der Waals surface area contributed by atoms with Gasteiger partial charge in [-0.3, -0.25) is 9.59 Å². The van der Waals surface area contributed by atoms with Crippen molar-refractivity contribution >= 4 is 5.91 Å². The van der Waals surface area contributed by atoms with E-state index < -0.39 is 5.91 Å². The fraction of sp³-hybridized carbons (Fsp3) is 0.143. The summed E-state index contributed by atoms with van der Waals surface area (Å²) in [5.41, 5.74) is -0.252. The SMILES string of the molecule is O=C(NCc1nn[nH]n1)c1c[nH]c(=O)cn1. The highest BCUT2D eigenvalue weighted by atomic mass is 16.2. The first-order valence-corrected chi connectivity index (χ1v) is 4.31. The standard InChI is InChI=1S/C7H7N7O2/c15-6-3-8-4(1-9-6)7(16)10-2-5-11-13-14-12-5/h1,3H,2H2,(H,9,15)(H,10,16)(H,11,12,13,14). The molecule has 0 spiro atoms. The Balaban J connectivity index is 1.98. The van der Waals surface area contributed by atoms with Gasteiger partial charge in [0.1, 0.15) is 5.69 Å². The fourth-order valence-electron chi connectivity index (χ4n) is 0.974. The minimum atomic E-state index is -0.430. The second-order valence-electron chi connectivity index (χ2n) is 2.81. The lowest BCUT2D eigenvalue weighted by molar-refractivity contribution is 0.0944. The Bertz CT molecular complexity index is 511. The van der Waals surface area contributed by atoms with Crippen LogP contribution >= 0.6 is 0 Å². The third-order valence-corrected chi connectivity index (χ3v) is 1.70. The summed E-state index contributed by atoms with van der Waals surface area (Å²) in [5, 5.41) is 15.4. The van der Waals surface area contributed by atoms with E-state index in [2.05, 4.69) is 35.9 Å². The third-order valence-electron chi connectivity index (χ3n) is 1.70. The number of nitrogens with zero attached hydrogens (tertiary/aromatic N) is 4. The molecule has 0 bridgehead atoms. The highest BCUT2D eigenvalue weighted by Gasteiger charge is 2.07. The van der Waals surface area contributed by atoms with Crippen LogP contribution in [-0.4, -0.2) is 36.5 Å². The summed E-state index contributed by atoms with van der Waals surface area (Å²) in [6.07, 6.45) is 2.26. The summed E-state index contributed by atoms with van der Waals surface area (Å²) in [6.45, 7) is 0.135. The van der Waals surface area contributed by atoms with Gasteiger partial charge in [-0.1, -0.05) is 5.21 Å². The summed E-state index contributed by atoms with van der Waals surface area (Å²) in [5.74, 6) is -0.0705. The molecule has 3 N–H and O–H groups in total. The van der Waals surface area contributed by atoms with E-state index in [-0.39, 0.29) is 17.8 Å². The molecule has 0 atom stereocenters. The van der Waals surface area contributed by atoms with Crippen molar-refractivity contribution in [2.45, 2.75) is 6.54 Å². The first-order chi connectivity index (χ1) is 7.75. The summed E-state index contributed by atoms with van der Waals surface area (Å²) < 4.78 is 0. The minimum absolute atomic E-state index is 0.114. The Morgan fingerprint density at radius 3 is 3.00 bits per heavy atom. The molecular formula is C7H7N7O2. The first kappa shape index (κ1) is 9.96. The van der Waals surface area contributed by atoms with E-state index in [9.17, 15) is 9.59 Å². The number of aromatic nitrogens is 6. The number of nitrogens with one attached hydrogen (secondary N) is 3. The van der Waals surface area contributed by atoms with Crippen molar-refractivity contribution in [1.82, 2.24) is 35.9 Å². The Kier molecular flexibility index (Phi) is 2.67. The molecule has 0 aliphatic rings. The van der Waals surface area contributed by atoms with Gasteiger partial charge in [-0.05, 0) is 0 Å². The summed E-state index contributed by atoms with van der Waals surface area (Å²) in [4.78, 5) is 28.2. The van der Waals surface area contributed by atoms with Gasteiger partial charge < -0.3 is 10.3 Å². The lowest BCUT2D eigenvalue weighted by Crippen LogP contribution is -2.25. The number of tetrazole rings is 1. The predicted molar refractivity (Wildman–Crippen MR) is 50.2 cm³/mol. The summed E-state index contributed by atoms with van der Waals surface area (Å²) in [7, 11) is 0. The normalized spacial score (nSPS) is 10.0. The van der Waals surface area contributed by atoms with Gasteiger partial charge in [-0.15, -0.1) is 10.2 Å². The zero-order valence-electron chi connectivity index (χ0n) is 7.97. The van der Waals surface area contributed by atoms with Crippen molar-refractivity contribution in [2.75, 3.05) is 0 Å². The first-order valence-electron chi connectivity index (χ1n) is 4.31. The Hall–Kier alpha value is -2.58. The zero-order chi connectivity index (χ0) is 11.4. The van der Waals surface area contributed by atoms with Crippen molar-refractivity contribution in [3.63, 3.8) is 0 Å². The van der Waals surface area contributed by atoms with Gasteiger partial charge in [-0.25, -0.2) is 4.98 Å². The van der Waals surface area contributed by atoms with Crippen LogP contribution in [0.3, 0.4) is 0 Å². The van der Waals surface area contributed by atoms with E-state index in [1.165, 1.54) is 6.20 Å². The number of aromatic amines is 2. The molecule has 0 unspecified atom stereocenters. The van der Waals surface area contributed by atoms with Crippen molar-refractivity contribution in [1.29, 1.82) is 0 Å². The Labute approximate surface area is 88.3 Å². The maximum Gasteiger partial charge on any atom is 0.271 e. The highest BCUT2D eigenvalue weighted by molar-refractivity contribution is 5.91. The molecule has 0 aliphatic carbocycles. The van der Waals surface area contributed by atoms with Crippen molar-refractivity contribution in [2.24, 2.45) is 0 Å². The Morgan fingerprint density at radius 2 is 2.38 bits per heavy atom. The van der Waals surface area contributed by atoms with Crippen LogP contribution in [0.15, 0.2) is 17.2 Å². The number of carbonyl (C=O) groups is 1. The van der Waals surface area contributed by atoms with Gasteiger partial charge >= 0.3 is 0 Å². The molecule has 0 aliphatic heterocycles. The molecule has 1 amide bonds.